The summed E-state index contributed by atoms with van der Waals surface area (Å²) in [7, 11) is 0. The van der Waals surface area contributed by atoms with E-state index in [0.717, 1.165) is 274 Å². The Morgan fingerprint density at radius 3 is 0.734 bits per heavy atom. The standard InChI is InChI=1S/C22H36O2.C21H34O2.C20H32O2.2C19H30O2.C18H28O2.12CH4/c1-6-21(4,5)20(23)24-22(11-13(2)3)12-16-10-17(22)19-15-8-7-14(9-15)18(16)19;1-5-9-21(23-19(22)20(3,4)6-2)12-15-11-16(21)18-14-8-7-13(10-14)17(15)18;1-5-19(3,4)18(21)22-20(6-2)11-14-10-15(20)17-13-8-7-12(9-13)16(14)17;1-5-18(2,3)17(20)21-19(4)10-13-9-14(19)16-12-7-6-11(8-12)15(13)16;1-4-11(3)18(20)21-19(5-2)10-14-9-15(19)17-13-7-6-12(8-13)16(14)17;1-4-10(2)17(19)20-18(3)9-13-8-14(18)16-12-6-5-11(7-12)15(13)16;;;;;;;;;;;;/h13-19H,6-12H2,1-5H3;13-18H,5-12H2,1-4H3;12-17H,5-11H2,1-4H3;11-16H,5-10H2,1-4H3;11-17H,4-10H2,1-3H3;10-16H,4-9H2,1-3H3;12*1H4. The molecule has 0 aromatic carbocycles. The van der Waals surface area contributed by atoms with Gasteiger partial charge in [-0.2, -0.15) is 0 Å². The zero-order valence-electron chi connectivity index (χ0n) is 87.4. The Morgan fingerprint density at radius 2 is 0.462 bits per heavy atom. The molecular weight excluding hydrogens is 1770 g/mol. The minimum Gasteiger partial charge on any atom is -0.459 e. The predicted octanol–water partition coefficient (Wildman–Crippen LogP) is 36.0. The van der Waals surface area contributed by atoms with Crippen molar-refractivity contribution in [2.24, 2.45) is 252 Å². The number of hydrogen-bond acceptors (Lipinski definition) is 12. The summed E-state index contributed by atoms with van der Waals surface area (Å²) in [4.78, 5) is 75.7. The molecule has 0 aromatic rings. The van der Waals surface area contributed by atoms with Crippen LogP contribution in [0.1, 0.15) is 512 Å². The molecule has 0 amide bonds. The largest absolute Gasteiger partial charge is 0.459 e. The van der Waals surface area contributed by atoms with Gasteiger partial charge in [0.25, 0.3) is 0 Å². The number of fused-ring (bicyclic) bond motifs is 54. The Labute approximate surface area is 885 Å². The molecule has 24 saturated carbocycles. The average Bonchev–Trinajstić information content (AvgIpc) is 1.56. The molecule has 834 valence electrons. The average molecular weight is 2010 g/mol. The summed E-state index contributed by atoms with van der Waals surface area (Å²) in [6, 6.07) is 0. The van der Waals surface area contributed by atoms with Gasteiger partial charge in [0.15, 0.2) is 0 Å². The number of hydrogen-bond donors (Lipinski definition) is 0. The monoisotopic (exact) mass is 2000 g/mol. The molecule has 0 N–H and O–H groups in total. The maximum atomic E-state index is 12.9. The zero-order valence-corrected chi connectivity index (χ0v) is 87.4. The molecule has 12 nitrogen and oxygen atoms in total. The fourth-order valence-electron chi connectivity index (χ4n) is 40.8. The molecule has 24 aliphatic carbocycles. The lowest BCUT2D eigenvalue weighted by molar-refractivity contribution is -0.185. The Balaban J connectivity index is 0.000000229. The summed E-state index contributed by atoms with van der Waals surface area (Å²) >= 11 is 0. The van der Waals surface area contributed by atoms with Gasteiger partial charge in [0.1, 0.15) is 33.6 Å². The zero-order chi connectivity index (χ0) is 93.2. The lowest BCUT2D eigenvalue weighted by Crippen LogP contribution is -2.50. The van der Waals surface area contributed by atoms with E-state index in [-0.39, 0.29) is 192 Å². The highest BCUT2D eigenvalue weighted by molar-refractivity contribution is 5.78. The Bertz CT molecular complexity index is 4190. The van der Waals surface area contributed by atoms with Crippen molar-refractivity contribution in [3.63, 3.8) is 0 Å². The number of ether oxygens (including phenoxy) is 6. The van der Waals surface area contributed by atoms with E-state index in [2.05, 4.69) is 90.0 Å². The summed E-state index contributed by atoms with van der Waals surface area (Å²) < 4.78 is 37.6. The van der Waals surface area contributed by atoms with E-state index >= 15 is 0 Å². The van der Waals surface area contributed by atoms with Crippen LogP contribution in [-0.4, -0.2) is 69.4 Å². The topological polar surface area (TPSA) is 158 Å². The molecule has 143 heavy (non-hydrogen) atoms. The third-order valence-electron chi connectivity index (χ3n) is 48.0. The molecule has 12 heteroatoms. The lowest BCUT2D eigenvalue weighted by Gasteiger charge is -2.47. The highest BCUT2D eigenvalue weighted by atomic mass is 16.6. The second-order valence-corrected chi connectivity index (χ2v) is 55.7. The van der Waals surface area contributed by atoms with Gasteiger partial charge >= 0.3 is 35.8 Å². The summed E-state index contributed by atoms with van der Waals surface area (Å²) in [5.41, 5.74) is -2.15. The van der Waals surface area contributed by atoms with Crippen molar-refractivity contribution in [2.45, 2.75) is 545 Å². The van der Waals surface area contributed by atoms with Gasteiger partial charge in [-0.05, 0) is 510 Å². The van der Waals surface area contributed by atoms with Crippen molar-refractivity contribution in [1.29, 1.82) is 0 Å². The molecule has 24 fully saturated rings. The van der Waals surface area contributed by atoms with E-state index in [0.29, 0.717) is 41.4 Å². The van der Waals surface area contributed by atoms with Crippen LogP contribution in [0, 0.1) is 252 Å². The van der Waals surface area contributed by atoms with Crippen LogP contribution in [0.25, 0.3) is 0 Å². The van der Waals surface area contributed by atoms with Crippen molar-refractivity contribution in [2.75, 3.05) is 0 Å². The molecule has 44 atom stereocenters. The molecule has 0 saturated heterocycles. The smallest absolute Gasteiger partial charge is 0.312 e. The fraction of sp³-hybridized carbons (Fsp3) is 0.954. The summed E-state index contributed by atoms with van der Waals surface area (Å²) in [5, 5.41) is 0. The maximum Gasteiger partial charge on any atom is 0.312 e. The van der Waals surface area contributed by atoms with Crippen molar-refractivity contribution in [3.05, 3.63) is 0 Å². The Hall–Kier alpha value is -3.18. The van der Waals surface area contributed by atoms with Crippen LogP contribution in [-0.2, 0) is 57.2 Å². The van der Waals surface area contributed by atoms with Gasteiger partial charge < -0.3 is 28.4 Å². The van der Waals surface area contributed by atoms with Gasteiger partial charge in [-0.15, -0.1) is 0 Å². The third kappa shape index (κ3) is 20.8. The summed E-state index contributed by atoms with van der Waals surface area (Å²) in [6.45, 7) is 48.6. The highest BCUT2D eigenvalue weighted by Crippen LogP contribution is 2.78. The first-order valence-electron chi connectivity index (χ1n) is 57.5. The SMILES string of the molecule is C.C.C.C.C.C.C.C.C.C.C.C.CCC(C)(C)C(=O)OC1(C)CC2CC1C1C3CCC(C3)C21.CCC(C)(C)C(=O)OC1(CC(C)C)CC2CC1C1C3CCC(C3)C21.CCC(C)(C)C(=O)OC1(CC)CC2CC1C1C3CCC(C3)C21.CCC(C)C(=O)OC1(C)CC2CC1C1C3CCC(C3)C21.CCC(C)C(=O)OC1(CC)CC2CC1C1C3CCC(C3)C21.CCCC1(OC(=O)C(C)(C)CC)CC2CC1C1C3CCC(C3)C21. The molecular formula is C131H238O12. The number of rotatable bonds is 24. The lowest BCUT2D eigenvalue weighted by atomic mass is 9.64. The quantitative estimate of drug-likeness (QED) is 0.0512. The van der Waals surface area contributed by atoms with E-state index in [4.69, 9.17) is 28.4 Å². The molecule has 0 radical (unpaired) electrons. The van der Waals surface area contributed by atoms with Crippen molar-refractivity contribution >= 4 is 35.8 Å². The molecule has 0 aromatic heterocycles. The second-order valence-electron chi connectivity index (χ2n) is 55.7. The van der Waals surface area contributed by atoms with Crippen LogP contribution in [0.2, 0.25) is 0 Å². The summed E-state index contributed by atoms with van der Waals surface area (Å²) in [5.74, 6) is 33.2. The van der Waals surface area contributed by atoms with Crippen LogP contribution < -0.4 is 0 Å². The maximum absolute atomic E-state index is 12.9. The van der Waals surface area contributed by atoms with E-state index in [1.165, 1.54) is 167 Å². The van der Waals surface area contributed by atoms with Crippen molar-refractivity contribution in [3.8, 4) is 0 Å². The first-order chi connectivity index (χ1) is 62.1. The minimum absolute atomic E-state index is 0. The van der Waals surface area contributed by atoms with Crippen molar-refractivity contribution < 1.29 is 57.2 Å². The first kappa shape index (κ1) is 127. The van der Waals surface area contributed by atoms with Gasteiger partial charge in [0.2, 0.25) is 0 Å². The van der Waals surface area contributed by atoms with Gasteiger partial charge in [-0.25, -0.2) is 0 Å². The summed E-state index contributed by atoms with van der Waals surface area (Å²) in [6.07, 6.45) is 52.0. The Morgan fingerprint density at radius 1 is 0.252 bits per heavy atom. The highest BCUT2D eigenvalue weighted by Gasteiger charge is 2.75. The van der Waals surface area contributed by atoms with Crippen LogP contribution in [0.5, 0.6) is 0 Å². The molecule has 24 aliphatic rings. The number of esters is 6. The number of carbonyl (C=O) groups is 6. The predicted molar refractivity (Wildman–Crippen MR) is 599 cm³/mol. The normalized spacial score (nSPS) is 45.1. The van der Waals surface area contributed by atoms with Gasteiger partial charge in [-0.1, -0.05) is 186 Å². The molecule has 24 rings (SSSR count). The van der Waals surface area contributed by atoms with Gasteiger partial charge in [0.05, 0.1) is 33.5 Å². The van der Waals surface area contributed by atoms with Crippen LogP contribution >= 0.6 is 0 Å². The molecule has 44 unspecified atom stereocenters. The number of carbonyl (C=O) groups excluding carboxylic acids is 6. The van der Waals surface area contributed by atoms with E-state index in [1.807, 2.05) is 69.2 Å². The van der Waals surface area contributed by atoms with Gasteiger partial charge in [-0.3, -0.25) is 28.8 Å². The molecule has 0 spiro atoms. The molecule has 24 bridgehead atoms. The third-order valence-corrected chi connectivity index (χ3v) is 48.0. The van der Waals surface area contributed by atoms with Gasteiger partial charge in [0, 0.05) is 35.5 Å². The van der Waals surface area contributed by atoms with Crippen LogP contribution in [0.4, 0.5) is 0 Å². The Kier molecular flexibility index (Phi) is 41.0. The van der Waals surface area contributed by atoms with E-state index < -0.39 is 0 Å². The second kappa shape index (κ2) is 46.2. The van der Waals surface area contributed by atoms with Crippen LogP contribution in [0.15, 0.2) is 0 Å². The van der Waals surface area contributed by atoms with E-state index in [1.54, 1.807) is 0 Å². The minimum atomic E-state index is -0.347. The van der Waals surface area contributed by atoms with Crippen molar-refractivity contribution in [1.82, 2.24) is 0 Å². The molecule has 0 aliphatic heterocycles. The van der Waals surface area contributed by atoms with Crippen LogP contribution in [0.3, 0.4) is 0 Å². The van der Waals surface area contributed by atoms with E-state index in [9.17, 15) is 28.8 Å². The molecule has 0 heterocycles. The first-order valence-corrected chi connectivity index (χ1v) is 57.5. The fourth-order valence-corrected chi connectivity index (χ4v) is 40.8.